The molecule has 0 bridgehead atoms. The van der Waals surface area contributed by atoms with Crippen LogP contribution in [-0.2, 0) is 10.2 Å². The van der Waals surface area contributed by atoms with Gasteiger partial charge in [-0.1, -0.05) is 30.7 Å². The molecule has 2 heterocycles. The Morgan fingerprint density at radius 2 is 2.04 bits per heavy atom. The number of rotatable bonds is 4. The normalized spacial score (nSPS) is 26.3. The van der Waals surface area contributed by atoms with E-state index in [9.17, 15) is 9.18 Å². The minimum atomic E-state index is -0.528. The largest absolute Gasteiger partial charge is 0.339 e. The minimum Gasteiger partial charge on any atom is -0.339 e. The Labute approximate surface area is 164 Å². The van der Waals surface area contributed by atoms with Crippen LogP contribution >= 0.6 is 0 Å². The maximum absolute atomic E-state index is 14.1. The first-order valence-corrected chi connectivity index (χ1v) is 10.5. The summed E-state index contributed by atoms with van der Waals surface area (Å²) in [5.74, 6) is 0.809. The van der Waals surface area contributed by atoms with Crippen molar-refractivity contribution in [2.45, 2.75) is 63.3 Å². The second kappa shape index (κ2) is 6.39. The zero-order valence-electron chi connectivity index (χ0n) is 16.6. The average molecular weight is 382 g/mol. The molecular weight excluding hydrogens is 355 g/mol. The van der Waals surface area contributed by atoms with Crippen LogP contribution in [0.5, 0.6) is 0 Å². The molecule has 2 atom stereocenters. The first-order valence-electron chi connectivity index (χ1n) is 10.5. The molecule has 1 aromatic heterocycles. The highest BCUT2D eigenvalue weighted by Gasteiger charge is 2.55. The molecule has 1 aliphatic heterocycles. The highest BCUT2D eigenvalue weighted by Crippen LogP contribution is 2.51. The number of halogens is 1. The van der Waals surface area contributed by atoms with Gasteiger partial charge in [-0.2, -0.15) is 0 Å². The molecule has 0 spiro atoms. The smallest absolute Gasteiger partial charge is 0.233 e. The summed E-state index contributed by atoms with van der Waals surface area (Å²) in [6.07, 6.45) is 7.39. The van der Waals surface area contributed by atoms with Crippen LogP contribution in [0, 0.1) is 18.7 Å². The molecule has 0 N–H and O–H groups in total. The third kappa shape index (κ3) is 2.68. The number of carbonyl (C=O) groups is 1. The molecule has 1 amide bonds. The minimum absolute atomic E-state index is 0.148. The highest BCUT2D eigenvalue weighted by molar-refractivity contribution is 5.92. The number of hydrogen-bond donors (Lipinski definition) is 0. The highest BCUT2D eigenvalue weighted by atomic mass is 19.1. The van der Waals surface area contributed by atoms with Gasteiger partial charge in [-0.3, -0.25) is 4.79 Å². The van der Waals surface area contributed by atoms with E-state index in [0.29, 0.717) is 23.9 Å². The van der Waals surface area contributed by atoms with Gasteiger partial charge in [-0.15, -0.1) is 5.10 Å². The molecule has 1 aromatic carbocycles. The van der Waals surface area contributed by atoms with Crippen molar-refractivity contribution in [2.75, 3.05) is 13.1 Å². The van der Waals surface area contributed by atoms with Gasteiger partial charge in [0, 0.05) is 25.2 Å². The Kier molecular flexibility index (Phi) is 4.07. The van der Waals surface area contributed by atoms with Crippen LogP contribution in [0.3, 0.4) is 0 Å². The third-order valence-electron chi connectivity index (χ3n) is 7.19. The molecule has 5 rings (SSSR count). The van der Waals surface area contributed by atoms with Crippen molar-refractivity contribution in [3.63, 3.8) is 0 Å². The molecule has 2 aliphatic carbocycles. The lowest BCUT2D eigenvalue weighted by molar-refractivity contribution is -0.133. The molecule has 2 saturated carbocycles. The zero-order chi connectivity index (χ0) is 19.5. The fourth-order valence-corrected chi connectivity index (χ4v) is 4.96. The summed E-state index contributed by atoms with van der Waals surface area (Å²) in [4.78, 5) is 15.4. The summed E-state index contributed by atoms with van der Waals surface area (Å²) >= 11 is 0. The summed E-state index contributed by atoms with van der Waals surface area (Å²) in [6.45, 7) is 5.34. The van der Waals surface area contributed by atoms with Gasteiger partial charge in [0.2, 0.25) is 5.91 Å². The number of nitrogens with zero attached hydrogens (tertiary/aromatic N) is 4. The lowest BCUT2D eigenvalue weighted by atomic mass is 9.83. The van der Waals surface area contributed by atoms with Crippen molar-refractivity contribution < 1.29 is 9.18 Å². The van der Waals surface area contributed by atoms with Crippen LogP contribution < -0.4 is 0 Å². The fraction of sp³-hybridized carbons (Fsp3) is 0.591. The van der Waals surface area contributed by atoms with Crippen molar-refractivity contribution in [1.82, 2.24) is 19.9 Å². The topological polar surface area (TPSA) is 51.0 Å². The molecule has 6 heteroatoms. The van der Waals surface area contributed by atoms with E-state index in [1.807, 2.05) is 15.6 Å². The predicted octanol–water partition coefficient (Wildman–Crippen LogP) is 3.74. The Morgan fingerprint density at radius 3 is 2.71 bits per heavy atom. The molecular formula is C22H27FN4O. The summed E-state index contributed by atoms with van der Waals surface area (Å²) in [7, 11) is 0. The molecule has 148 valence electrons. The number of likely N-dealkylation sites (tertiary alicyclic amines) is 1. The lowest BCUT2D eigenvalue weighted by Crippen LogP contribution is -2.38. The van der Waals surface area contributed by atoms with Gasteiger partial charge in [0.15, 0.2) is 0 Å². The van der Waals surface area contributed by atoms with Gasteiger partial charge in [-0.25, -0.2) is 9.07 Å². The monoisotopic (exact) mass is 382 g/mol. The molecule has 1 saturated heterocycles. The summed E-state index contributed by atoms with van der Waals surface area (Å²) in [6, 6.07) is 5.27. The van der Waals surface area contributed by atoms with Crippen LogP contribution in [0.2, 0.25) is 0 Å². The van der Waals surface area contributed by atoms with E-state index in [2.05, 4.69) is 23.4 Å². The Morgan fingerprint density at radius 1 is 1.25 bits per heavy atom. The van der Waals surface area contributed by atoms with E-state index in [1.165, 1.54) is 25.3 Å². The first-order chi connectivity index (χ1) is 13.5. The van der Waals surface area contributed by atoms with E-state index >= 15 is 0 Å². The van der Waals surface area contributed by atoms with E-state index in [4.69, 9.17) is 0 Å². The van der Waals surface area contributed by atoms with Gasteiger partial charge < -0.3 is 4.90 Å². The fourth-order valence-electron chi connectivity index (χ4n) is 4.96. The molecule has 3 fully saturated rings. The van der Waals surface area contributed by atoms with Gasteiger partial charge in [-0.05, 0) is 55.7 Å². The van der Waals surface area contributed by atoms with Crippen molar-refractivity contribution in [3.8, 4) is 0 Å². The molecule has 0 radical (unpaired) electrons. The Hall–Kier alpha value is -2.24. The summed E-state index contributed by atoms with van der Waals surface area (Å²) in [5.41, 5.74) is 2.04. The third-order valence-corrected chi connectivity index (χ3v) is 7.19. The molecule has 2 aromatic rings. The number of benzene rings is 1. The van der Waals surface area contributed by atoms with Crippen LogP contribution in [-0.4, -0.2) is 38.9 Å². The van der Waals surface area contributed by atoms with E-state index in [0.717, 1.165) is 30.6 Å². The van der Waals surface area contributed by atoms with Gasteiger partial charge in [0.05, 0.1) is 17.2 Å². The average Bonchev–Trinajstić information content (AvgIpc) is 3.14. The molecule has 28 heavy (non-hydrogen) atoms. The Balaban J connectivity index is 1.35. The summed E-state index contributed by atoms with van der Waals surface area (Å²) < 4.78 is 16.1. The summed E-state index contributed by atoms with van der Waals surface area (Å²) in [5, 5.41) is 8.77. The van der Waals surface area contributed by atoms with E-state index < -0.39 is 5.41 Å². The van der Waals surface area contributed by atoms with Gasteiger partial charge >= 0.3 is 0 Å². The molecule has 5 nitrogen and oxygen atoms in total. The SMILES string of the molecule is Cc1c(F)cccc1C1(C(=O)N2C[C@@H](C)[C@H](n3cc(C4CCC4)nn3)C2)CC1. The van der Waals surface area contributed by atoms with Gasteiger partial charge in [0.1, 0.15) is 5.82 Å². The van der Waals surface area contributed by atoms with Gasteiger partial charge in [0.25, 0.3) is 0 Å². The maximum Gasteiger partial charge on any atom is 0.233 e. The first kappa shape index (κ1) is 17.8. The number of carbonyl (C=O) groups excluding carboxylic acids is 1. The predicted molar refractivity (Wildman–Crippen MR) is 103 cm³/mol. The second-order valence-corrected chi connectivity index (χ2v) is 9.00. The van der Waals surface area contributed by atoms with Crippen LogP contribution in [0.15, 0.2) is 24.4 Å². The molecule has 0 unspecified atom stereocenters. The lowest BCUT2D eigenvalue weighted by Gasteiger charge is -2.25. The van der Waals surface area contributed by atoms with E-state index in [1.54, 1.807) is 13.0 Å². The Bertz CT molecular complexity index is 915. The quantitative estimate of drug-likeness (QED) is 0.809. The second-order valence-electron chi connectivity index (χ2n) is 9.00. The maximum atomic E-state index is 14.1. The zero-order valence-corrected chi connectivity index (χ0v) is 16.6. The number of aromatic nitrogens is 3. The van der Waals surface area contributed by atoms with Crippen LogP contribution in [0.1, 0.15) is 67.8 Å². The van der Waals surface area contributed by atoms with Crippen molar-refractivity contribution >= 4 is 5.91 Å². The number of amides is 1. The molecule has 3 aliphatic rings. The van der Waals surface area contributed by atoms with Crippen molar-refractivity contribution in [3.05, 3.63) is 47.0 Å². The van der Waals surface area contributed by atoms with Crippen LogP contribution in [0.25, 0.3) is 0 Å². The van der Waals surface area contributed by atoms with Crippen molar-refractivity contribution in [1.29, 1.82) is 0 Å². The van der Waals surface area contributed by atoms with Crippen LogP contribution in [0.4, 0.5) is 4.39 Å². The van der Waals surface area contributed by atoms with Crippen molar-refractivity contribution in [2.24, 2.45) is 5.92 Å². The standard InChI is InChI=1S/C22H27FN4O/c1-14-11-26(13-20(14)27-12-19(24-25-27)16-5-3-6-16)21(28)22(9-10-22)17-7-4-8-18(23)15(17)2/h4,7-8,12,14,16,20H,3,5-6,9-11,13H2,1-2H3/t14-,20-/m1/s1. The number of hydrogen-bond acceptors (Lipinski definition) is 3. The van der Waals surface area contributed by atoms with E-state index in [-0.39, 0.29) is 17.8 Å².